The van der Waals surface area contributed by atoms with Gasteiger partial charge in [0.2, 0.25) is 0 Å². The van der Waals surface area contributed by atoms with Gasteiger partial charge in [0, 0.05) is 26.2 Å². The number of hydrogen-bond donors (Lipinski definition) is 2. The van der Waals surface area contributed by atoms with Crippen LogP contribution in [0, 0.1) is 0 Å². The second-order valence-electron chi connectivity index (χ2n) is 4.21. The molecule has 0 atom stereocenters. The zero-order valence-electron chi connectivity index (χ0n) is 11.1. The maximum absolute atomic E-state index is 8.80. The van der Waals surface area contributed by atoms with Gasteiger partial charge in [-0.3, -0.25) is 0 Å². The van der Waals surface area contributed by atoms with Crippen molar-refractivity contribution >= 4 is 0 Å². The van der Waals surface area contributed by atoms with Gasteiger partial charge < -0.3 is 20.5 Å². The molecule has 0 fully saturated rings. The number of nitrogens with two attached hydrogens (primary N) is 1. The number of benzene rings is 1. The predicted molar refractivity (Wildman–Crippen MR) is 73.6 cm³/mol. The quantitative estimate of drug-likeness (QED) is 0.694. The summed E-state index contributed by atoms with van der Waals surface area (Å²) in [6, 6.07) is 7.88. The smallest absolute Gasteiger partial charge is 0.119 e. The average Bonchev–Trinajstić information content (AvgIpc) is 2.43. The molecule has 4 nitrogen and oxygen atoms in total. The number of likely N-dealkylation sites (N-methyl/N-ethyl adjacent to an activating group) is 1. The summed E-state index contributed by atoms with van der Waals surface area (Å²) >= 11 is 0. The fourth-order valence-electron chi connectivity index (χ4n) is 1.78. The van der Waals surface area contributed by atoms with Crippen molar-refractivity contribution in [3.8, 4) is 5.75 Å². The van der Waals surface area contributed by atoms with Crippen LogP contribution in [-0.2, 0) is 6.54 Å². The molecule has 0 aliphatic rings. The maximum Gasteiger partial charge on any atom is 0.119 e. The Morgan fingerprint density at radius 3 is 2.83 bits per heavy atom. The van der Waals surface area contributed by atoms with E-state index in [1.807, 2.05) is 24.3 Å². The number of hydrogen-bond acceptors (Lipinski definition) is 4. The van der Waals surface area contributed by atoms with Crippen molar-refractivity contribution in [3.63, 3.8) is 0 Å². The molecule has 0 bridgehead atoms. The molecule has 0 aromatic heterocycles. The Morgan fingerprint density at radius 2 is 2.17 bits per heavy atom. The van der Waals surface area contributed by atoms with E-state index < -0.39 is 0 Å². The van der Waals surface area contributed by atoms with Gasteiger partial charge in [0.15, 0.2) is 0 Å². The van der Waals surface area contributed by atoms with Crippen molar-refractivity contribution in [2.75, 3.05) is 32.8 Å². The van der Waals surface area contributed by atoms with Crippen LogP contribution in [0.5, 0.6) is 5.75 Å². The third kappa shape index (κ3) is 5.49. The number of nitrogens with zero attached hydrogens (tertiary/aromatic N) is 1. The summed E-state index contributed by atoms with van der Waals surface area (Å²) in [6.45, 7) is 6.33. The molecule has 1 rings (SSSR count). The Morgan fingerprint density at radius 1 is 1.33 bits per heavy atom. The number of ether oxygens (including phenoxy) is 1. The van der Waals surface area contributed by atoms with Gasteiger partial charge in [0.25, 0.3) is 0 Å². The van der Waals surface area contributed by atoms with E-state index in [9.17, 15) is 0 Å². The fraction of sp³-hybridized carbons (Fsp3) is 0.571. The van der Waals surface area contributed by atoms with Crippen molar-refractivity contribution < 1.29 is 9.84 Å². The normalized spacial score (nSPS) is 10.9. The van der Waals surface area contributed by atoms with Crippen LogP contribution >= 0.6 is 0 Å². The zero-order chi connectivity index (χ0) is 13.2. The Labute approximate surface area is 109 Å². The highest BCUT2D eigenvalue weighted by Gasteiger charge is 2.02. The molecule has 0 saturated carbocycles. The van der Waals surface area contributed by atoms with Crippen molar-refractivity contribution in [2.24, 2.45) is 5.73 Å². The lowest BCUT2D eigenvalue weighted by molar-refractivity contribution is 0.195. The van der Waals surface area contributed by atoms with Crippen LogP contribution in [0.25, 0.3) is 0 Å². The molecule has 0 aliphatic carbocycles. The minimum Gasteiger partial charge on any atom is -0.492 e. The molecule has 0 radical (unpaired) electrons. The Kier molecular flexibility index (Phi) is 7.41. The van der Waals surface area contributed by atoms with Crippen molar-refractivity contribution in [2.45, 2.75) is 19.9 Å². The SMILES string of the molecule is CCN(CCCO)CCOc1cccc(CN)c1. The van der Waals surface area contributed by atoms with Gasteiger partial charge in [-0.25, -0.2) is 0 Å². The molecule has 4 heteroatoms. The van der Waals surface area contributed by atoms with Crippen molar-refractivity contribution in [3.05, 3.63) is 29.8 Å². The monoisotopic (exact) mass is 252 g/mol. The Bertz CT molecular complexity index is 331. The van der Waals surface area contributed by atoms with Crippen LogP contribution in [0.15, 0.2) is 24.3 Å². The first-order valence-electron chi connectivity index (χ1n) is 6.55. The molecule has 18 heavy (non-hydrogen) atoms. The van der Waals surface area contributed by atoms with Crippen LogP contribution < -0.4 is 10.5 Å². The lowest BCUT2D eigenvalue weighted by Crippen LogP contribution is -2.29. The number of aliphatic hydroxyl groups excluding tert-OH is 1. The summed E-state index contributed by atoms with van der Waals surface area (Å²) in [5, 5.41) is 8.80. The van der Waals surface area contributed by atoms with E-state index >= 15 is 0 Å². The van der Waals surface area contributed by atoms with E-state index in [1.165, 1.54) is 0 Å². The molecule has 1 aromatic rings. The van der Waals surface area contributed by atoms with Gasteiger partial charge in [-0.1, -0.05) is 19.1 Å². The van der Waals surface area contributed by atoms with Gasteiger partial charge in [0.1, 0.15) is 12.4 Å². The minimum atomic E-state index is 0.246. The molecular weight excluding hydrogens is 228 g/mol. The molecule has 1 aromatic carbocycles. The third-order valence-electron chi connectivity index (χ3n) is 2.89. The molecule has 3 N–H and O–H groups in total. The zero-order valence-corrected chi connectivity index (χ0v) is 11.1. The largest absolute Gasteiger partial charge is 0.492 e. The minimum absolute atomic E-state index is 0.246. The lowest BCUT2D eigenvalue weighted by atomic mass is 10.2. The van der Waals surface area contributed by atoms with Crippen LogP contribution in [0.4, 0.5) is 0 Å². The third-order valence-corrected chi connectivity index (χ3v) is 2.89. The first-order valence-corrected chi connectivity index (χ1v) is 6.55. The highest BCUT2D eigenvalue weighted by Crippen LogP contribution is 2.12. The van der Waals surface area contributed by atoms with Gasteiger partial charge in [-0.05, 0) is 30.7 Å². The van der Waals surface area contributed by atoms with E-state index in [-0.39, 0.29) is 6.61 Å². The summed E-state index contributed by atoms with van der Waals surface area (Å²) < 4.78 is 5.70. The maximum atomic E-state index is 8.80. The molecular formula is C14H24N2O2. The summed E-state index contributed by atoms with van der Waals surface area (Å²) in [7, 11) is 0. The summed E-state index contributed by atoms with van der Waals surface area (Å²) in [4.78, 5) is 2.27. The van der Waals surface area contributed by atoms with Crippen LogP contribution in [0.3, 0.4) is 0 Å². The molecule has 0 aliphatic heterocycles. The Balaban J connectivity index is 2.30. The van der Waals surface area contributed by atoms with Gasteiger partial charge >= 0.3 is 0 Å². The molecule has 0 spiro atoms. The molecule has 0 saturated heterocycles. The summed E-state index contributed by atoms with van der Waals surface area (Å²) in [5.74, 6) is 0.871. The van der Waals surface area contributed by atoms with Gasteiger partial charge in [0.05, 0.1) is 0 Å². The van der Waals surface area contributed by atoms with Crippen molar-refractivity contribution in [1.82, 2.24) is 4.90 Å². The number of aliphatic hydroxyl groups is 1. The fourth-order valence-corrected chi connectivity index (χ4v) is 1.78. The summed E-state index contributed by atoms with van der Waals surface area (Å²) in [6.07, 6.45) is 0.816. The van der Waals surface area contributed by atoms with E-state index in [4.69, 9.17) is 15.6 Å². The Hall–Kier alpha value is -1.10. The van der Waals surface area contributed by atoms with Crippen molar-refractivity contribution in [1.29, 1.82) is 0 Å². The highest BCUT2D eigenvalue weighted by atomic mass is 16.5. The van der Waals surface area contributed by atoms with Crippen LogP contribution in [0.2, 0.25) is 0 Å². The van der Waals surface area contributed by atoms with Crippen LogP contribution in [0.1, 0.15) is 18.9 Å². The van der Waals surface area contributed by atoms with Gasteiger partial charge in [-0.15, -0.1) is 0 Å². The predicted octanol–water partition coefficient (Wildman–Crippen LogP) is 1.23. The van der Waals surface area contributed by atoms with E-state index in [2.05, 4.69) is 11.8 Å². The molecule has 0 amide bonds. The standard InChI is InChI=1S/C14H24N2O2/c1-2-16(7-4-9-17)8-10-18-14-6-3-5-13(11-14)12-15/h3,5-6,11,17H,2,4,7-10,12,15H2,1H3. The van der Waals surface area contributed by atoms with E-state index in [0.29, 0.717) is 13.2 Å². The molecule has 102 valence electrons. The number of rotatable bonds is 9. The second-order valence-corrected chi connectivity index (χ2v) is 4.21. The first-order chi connectivity index (χ1) is 8.80. The van der Waals surface area contributed by atoms with E-state index in [0.717, 1.165) is 37.4 Å². The summed E-state index contributed by atoms with van der Waals surface area (Å²) in [5.41, 5.74) is 6.67. The average molecular weight is 252 g/mol. The molecule has 0 heterocycles. The van der Waals surface area contributed by atoms with E-state index in [1.54, 1.807) is 0 Å². The van der Waals surface area contributed by atoms with Gasteiger partial charge in [-0.2, -0.15) is 0 Å². The highest BCUT2D eigenvalue weighted by molar-refractivity contribution is 5.28. The topological polar surface area (TPSA) is 58.7 Å². The van der Waals surface area contributed by atoms with Crippen LogP contribution in [-0.4, -0.2) is 42.9 Å². The first kappa shape index (κ1) is 15.0. The molecule has 0 unspecified atom stereocenters. The lowest BCUT2D eigenvalue weighted by Gasteiger charge is -2.20. The second kappa shape index (κ2) is 8.91.